The molecule has 0 aliphatic carbocycles. The lowest BCUT2D eigenvalue weighted by Gasteiger charge is -2.02. The third kappa shape index (κ3) is 2.98. The lowest BCUT2D eigenvalue weighted by molar-refractivity contribution is 1.19. The van der Waals surface area contributed by atoms with Gasteiger partial charge in [0.1, 0.15) is 0 Å². The van der Waals surface area contributed by atoms with E-state index in [9.17, 15) is 0 Å². The molecule has 0 saturated heterocycles. The highest BCUT2D eigenvalue weighted by atomic mass is 35.5. The van der Waals surface area contributed by atoms with Crippen molar-refractivity contribution in [2.75, 3.05) is 0 Å². The van der Waals surface area contributed by atoms with Crippen LogP contribution in [0.25, 0.3) is 0 Å². The molecule has 0 spiro atoms. The van der Waals surface area contributed by atoms with E-state index in [0.717, 1.165) is 22.0 Å². The minimum absolute atomic E-state index is 0.748. The molecule has 0 unspecified atom stereocenters. The molecule has 0 aliphatic rings. The molecule has 0 aliphatic heterocycles. The molecule has 2 rings (SSSR count). The molecule has 0 bridgehead atoms. The van der Waals surface area contributed by atoms with Gasteiger partial charge < -0.3 is 0 Å². The van der Waals surface area contributed by atoms with E-state index in [0.29, 0.717) is 0 Å². The summed E-state index contributed by atoms with van der Waals surface area (Å²) in [6.07, 6.45) is 0.831. The molecule has 0 atom stereocenters. The number of hydrogen-bond donors (Lipinski definition) is 0. The highest BCUT2D eigenvalue weighted by Gasteiger charge is 1.97. The number of benzene rings is 2. The normalized spacial score (nSPS) is 10.3. The maximum Gasteiger partial charge on any atom is 0.0409 e. The van der Waals surface area contributed by atoms with Crippen molar-refractivity contribution >= 4 is 23.2 Å². The lowest BCUT2D eigenvalue weighted by Crippen LogP contribution is -1.87. The minimum Gasteiger partial charge on any atom is -0.0843 e. The summed E-state index contributed by atoms with van der Waals surface area (Å²) in [5.74, 6) is 0. The van der Waals surface area contributed by atoms with Gasteiger partial charge in [-0.3, -0.25) is 0 Å². The second kappa shape index (κ2) is 4.69. The summed E-state index contributed by atoms with van der Waals surface area (Å²) in [5, 5.41) is 1.51. The first kappa shape index (κ1) is 10.5. The van der Waals surface area contributed by atoms with E-state index >= 15 is 0 Å². The predicted octanol–water partition coefficient (Wildman–Crippen LogP) is 4.38. The Hall–Kier alpha value is -0.980. The van der Waals surface area contributed by atoms with Gasteiger partial charge in [0.05, 0.1) is 0 Å². The molecule has 0 fully saturated rings. The Morgan fingerprint density at radius 2 is 1.67 bits per heavy atom. The molecule has 0 aromatic heterocycles. The Bertz CT molecular complexity index is 446. The fraction of sp³-hybridized carbons (Fsp3) is 0.0769. The smallest absolute Gasteiger partial charge is 0.0409 e. The van der Waals surface area contributed by atoms with Gasteiger partial charge in [-0.15, -0.1) is 0 Å². The molecule has 0 heterocycles. The van der Waals surface area contributed by atoms with Crippen molar-refractivity contribution in [2.45, 2.75) is 6.42 Å². The van der Waals surface area contributed by atoms with E-state index in [1.54, 1.807) is 0 Å². The van der Waals surface area contributed by atoms with Gasteiger partial charge in [-0.25, -0.2) is 0 Å². The van der Waals surface area contributed by atoms with Crippen molar-refractivity contribution in [2.24, 2.45) is 0 Å². The van der Waals surface area contributed by atoms with Crippen LogP contribution < -0.4 is 0 Å². The Morgan fingerprint density at radius 1 is 0.933 bits per heavy atom. The van der Waals surface area contributed by atoms with Crippen LogP contribution in [0.4, 0.5) is 0 Å². The largest absolute Gasteiger partial charge is 0.0843 e. The molecule has 0 N–H and O–H groups in total. The fourth-order valence-electron chi connectivity index (χ4n) is 1.41. The Morgan fingerprint density at radius 3 is 2.33 bits per heavy atom. The van der Waals surface area contributed by atoms with Crippen LogP contribution in [0, 0.1) is 6.07 Å². The van der Waals surface area contributed by atoms with Crippen LogP contribution in [0.5, 0.6) is 0 Å². The minimum atomic E-state index is 0.748. The molecule has 0 amide bonds. The average Bonchev–Trinajstić information content (AvgIpc) is 2.22. The molecule has 75 valence electrons. The molecule has 0 nitrogen and oxygen atoms in total. The van der Waals surface area contributed by atoms with Crippen LogP contribution in [0.15, 0.2) is 42.5 Å². The molecule has 2 aromatic rings. The van der Waals surface area contributed by atoms with Crippen LogP contribution in [0.3, 0.4) is 0 Å². The van der Waals surface area contributed by atoms with Gasteiger partial charge >= 0.3 is 0 Å². The van der Waals surface area contributed by atoms with E-state index in [1.807, 2.05) is 42.5 Å². The molecule has 2 aromatic carbocycles. The quantitative estimate of drug-likeness (QED) is 0.725. The zero-order chi connectivity index (χ0) is 10.7. The first-order chi connectivity index (χ1) is 7.24. The SMILES string of the molecule is Clc1ccc(Cc2[c]ccc(Cl)c2)cc1. The molecule has 0 saturated carbocycles. The monoisotopic (exact) mass is 235 g/mol. The van der Waals surface area contributed by atoms with Crippen LogP contribution in [-0.2, 0) is 6.42 Å². The maximum atomic E-state index is 5.90. The first-order valence-corrected chi connectivity index (χ1v) is 5.40. The Labute approximate surface area is 99.5 Å². The summed E-state index contributed by atoms with van der Waals surface area (Å²) in [5.41, 5.74) is 2.29. The highest BCUT2D eigenvalue weighted by molar-refractivity contribution is 6.30. The van der Waals surface area contributed by atoms with Gasteiger partial charge in [-0.2, -0.15) is 0 Å². The van der Waals surface area contributed by atoms with Crippen molar-refractivity contribution < 1.29 is 0 Å². The molecular weight excluding hydrogens is 227 g/mol. The summed E-state index contributed by atoms with van der Waals surface area (Å²) in [6.45, 7) is 0. The second-order valence-corrected chi connectivity index (χ2v) is 4.21. The predicted molar refractivity (Wildman–Crippen MR) is 64.5 cm³/mol. The van der Waals surface area contributed by atoms with Gasteiger partial charge in [-0.05, 0) is 47.9 Å². The summed E-state index contributed by atoms with van der Waals surface area (Å²) >= 11 is 11.7. The van der Waals surface area contributed by atoms with Crippen molar-refractivity contribution in [3.63, 3.8) is 0 Å². The molecule has 15 heavy (non-hydrogen) atoms. The van der Waals surface area contributed by atoms with E-state index in [1.165, 1.54) is 5.56 Å². The van der Waals surface area contributed by atoms with Crippen molar-refractivity contribution in [1.82, 2.24) is 0 Å². The number of rotatable bonds is 2. The zero-order valence-corrected chi connectivity index (χ0v) is 9.52. The number of hydrogen-bond acceptors (Lipinski definition) is 0. The summed E-state index contributed by atoms with van der Waals surface area (Å²) < 4.78 is 0. The van der Waals surface area contributed by atoms with Crippen LogP contribution in [-0.4, -0.2) is 0 Å². The fourth-order valence-corrected chi connectivity index (χ4v) is 1.73. The lowest BCUT2D eigenvalue weighted by atomic mass is 10.1. The summed E-state index contributed by atoms with van der Waals surface area (Å²) in [7, 11) is 0. The topological polar surface area (TPSA) is 0 Å². The van der Waals surface area contributed by atoms with Crippen LogP contribution >= 0.6 is 23.2 Å². The zero-order valence-electron chi connectivity index (χ0n) is 8.00. The van der Waals surface area contributed by atoms with E-state index in [2.05, 4.69) is 6.07 Å². The van der Waals surface area contributed by atoms with Gasteiger partial charge in [0.2, 0.25) is 0 Å². The van der Waals surface area contributed by atoms with E-state index < -0.39 is 0 Å². The Balaban J connectivity index is 2.18. The van der Waals surface area contributed by atoms with Crippen molar-refractivity contribution in [3.8, 4) is 0 Å². The van der Waals surface area contributed by atoms with Gasteiger partial charge in [0, 0.05) is 10.0 Å². The van der Waals surface area contributed by atoms with E-state index in [-0.39, 0.29) is 0 Å². The highest BCUT2D eigenvalue weighted by Crippen LogP contribution is 2.16. The van der Waals surface area contributed by atoms with E-state index in [4.69, 9.17) is 23.2 Å². The average molecular weight is 236 g/mol. The third-order valence-corrected chi connectivity index (χ3v) is 2.62. The molecule has 1 radical (unpaired) electrons. The maximum absolute atomic E-state index is 5.90. The van der Waals surface area contributed by atoms with Gasteiger partial charge in [-0.1, -0.05) is 41.4 Å². The van der Waals surface area contributed by atoms with Gasteiger partial charge in [0.25, 0.3) is 0 Å². The molecular formula is C13H9Cl2. The second-order valence-electron chi connectivity index (χ2n) is 3.34. The standard InChI is InChI=1S/C13H9Cl2/c14-12-6-4-10(5-7-12)8-11-2-1-3-13(15)9-11/h1,3-7,9H,8H2. The van der Waals surface area contributed by atoms with Crippen molar-refractivity contribution in [3.05, 3.63) is 69.7 Å². The summed E-state index contributed by atoms with van der Waals surface area (Å²) in [6, 6.07) is 16.6. The van der Waals surface area contributed by atoms with Crippen LogP contribution in [0.1, 0.15) is 11.1 Å². The summed E-state index contributed by atoms with van der Waals surface area (Å²) in [4.78, 5) is 0. The molecule has 2 heteroatoms. The third-order valence-electron chi connectivity index (χ3n) is 2.13. The van der Waals surface area contributed by atoms with Crippen LogP contribution in [0.2, 0.25) is 10.0 Å². The van der Waals surface area contributed by atoms with Crippen molar-refractivity contribution in [1.29, 1.82) is 0 Å². The van der Waals surface area contributed by atoms with Gasteiger partial charge in [0.15, 0.2) is 0 Å². The Kier molecular flexibility index (Phi) is 3.30. The first-order valence-electron chi connectivity index (χ1n) is 4.64. The number of halogens is 2.